The van der Waals surface area contributed by atoms with Crippen molar-refractivity contribution < 1.29 is 30.6 Å². The Hall–Kier alpha value is -2.55. The Kier molecular flexibility index (Phi) is 4.43. The van der Waals surface area contributed by atoms with Crippen LogP contribution in [0, 0.1) is 0 Å². The van der Waals surface area contributed by atoms with Gasteiger partial charge >= 0.3 is 16.3 Å². The third kappa shape index (κ3) is 3.39. The van der Waals surface area contributed by atoms with Crippen LogP contribution in [0.15, 0.2) is 47.4 Å². The molecule has 0 fully saturated rings. The molecule has 0 unspecified atom stereocenters. The van der Waals surface area contributed by atoms with Gasteiger partial charge in [-0.2, -0.15) is 21.6 Å². The van der Waals surface area contributed by atoms with Crippen LogP contribution in [0.1, 0.15) is 18.1 Å². The van der Waals surface area contributed by atoms with E-state index >= 15 is 0 Å². The molecule has 9 heteroatoms. The number of alkyl halides is 3. The number of hydrogen-bond donors (Lipinski definition) is 0. The van der Waals surface area contributed by atoms with Gasteiger partial charge in [0.15, 0.2) is 5.75 Å². The molecule has 1 aliphatic rings. The first-order valence-electron chi connectivity index (χ1n) is 7.61. The molecule has 0 atom stereocenters. The smallest absolute Gasteiger partial charge is 0.378 e. The highest BCUT2D eigenvalue weighted by Gasteiger charge is 2.35. The summed E-state index contributed by atoms with van der Waals surface area (Å²) in [6, 6.07) is 8.09. The summed E-state index contributed by atoms with van der Waals surface area (Å²) in [5.41, 5.74) is 0.0358. The molecule has 1 heterocycles. The van der Waals surface area contributed by atoms with Crippen LogP contribution in [0.4, 0.5) is 18.9 Å². The van der Waals surface area contributed by atoms with Crippen LogP contribution < -0.4 is 9.08 Å². The lowest BCUT2D eigenvalue weighted by Crippen LogP contribution is -2.25. The lowest BCUT2D eigenvalue weighted by atomic mass is 10.2. The zero-order chi connectivity index (χ0) is 19.1. The van der Waals surface area contributed by atoms with Gasteiger partial charge in [-0.15, -0.1) is 0 Å². The largest absolute Gasteiger partial charge is 0.420 e. The Bertz CT molecular complexity index is 970. The van der Waals surface area contributed by atoms with Crippen LogP contribution in [0.3, 0.4) is 0 Å². The van der Waals surface area contributed by atoms with Gasteiger partial charge in [0, 0.05) is 19.2 Å². The van der Waals surface area contributed by atoms with Crippen molar-refractivity contribution in [2.24, 2.45) is 0 Å². The zero-order valence-corrected chi connectivity index (χ0v) is 14.4. The van der Waals surface area contributed by atoms with E-state index in [1.54, 1.807) is 0 Å². The predicted octanol–water partition coefficient (Wildman–Crippen LogP) is 3.38. The number of amides is 1. The highest BCUT2D eigenvalue weighted by molar-refractivity contribution is 7.87. The van der Waals surface area contributed by atoms with Gasteiger partial charge in [0.25, 0.3) is 0 Å². The van der Waals surface area contributed by atoms with Crippen molar-refractivity contribution in [2.45, 2.75) is 24.4 Å². The topological polar surface area (TPSA) is 63.7 Å². The summed E-state index contributed by atoms with van der Waals surface area (Å²) < 4.78 is 68.6. The van der Waals surface area contributed by atoms with E-state index < -0.39 is 27.6 Å². The molecule has 0 aliphatic carbocycles. The maximum atomic E-state index is 13.0. The second-order valence-corrected chi connectivity index (χ2v) is 7.29. The third-order valence-electron chi connectivity index (χ3n) is 4.01. The van der Waals surface area contributed by atoms with Crippen molar-refractivity contribution in [1.29, 1.82) is 0 Å². The molecular formula is C17H14F3NO4S. The van der Waals surface area contributed by atoms with Crippen LogP contribution in [-0.4, -0.2) is 20.9 Å². The van der Waals surface area contributed by atoms with Gasteiger partial charge in [-0.1, -0.05) is 12.1 Å². The number of nitrogens with zero attached hydrogens (tertiary/aromatic N) is 1. The van der Waals surface area contributed by atoms with Crippen LogP contribution >= 0.6 is 0 Å². The predicted molar refractivity (Wildman–Crippen MR) is 87.4 cm³/mol. The van der Waals surface area contributed by atoms with Gasteiger partial charge in [0.1, 0.15) is 4.90 Å². The summed E-state index contributed by atoms with van der Waals surface area (Å²) in [5, 5.41) is 0. The number of hydrogen-bond acceptors (Lipinski definition) is 4. The Morgan fingerprint density at radius 3 is 2.50 bits per heavy atom. The number of halogens is 3. The molecule has 138 valence electrons. The average Bonchev–Trinajstić information content (AvgIpc) is 2.97. The summed E-state index contributed by atoms with van der Waals surface area (Å²) in [6.45, 7) is 1.82. The summed E-state index contributed by atoms with van der Waals surface area (Å²) >= 11 is 0. The zero-order valence-electron chi connectivity index (χ0n) is 13.6. The molecule has 0 saturated heterocycles. The summed E-state index contributed by atoms with van der Waals surface area (Å²) in [6.07, 6.45) is -4.29. The minimum atomic E-state index is -4.74. The van der Waals surface area contributed by atoms with E-state index in [9.17, 15) is 26.4 Å². The molecule has 5 nitrogen and oxygen atoms in total. The molecule has 2 aromatic carbocycles. The molecule has 26 heavy (non-hydrogen) atoms. The van der Waals surface area contributed by atoms with Gasteiger partial charge < -0.3 is 9.08 Å². The molecule has 3 rings (SSSR count). The second-order valence-electron chi connectivity index (χ2n) is 5.74. The van der Waals surface area contributed by atoms with Crippen molar-refractivity contribution in [3.8, 4) is 5.75 Å². The molecule has 2 aromatic rings. The van der Waals surface area contributed by atoms with Gasteiger partial charge in [0.2, 0.25) is 5.91 Å². The van der Waals surface area contributed by atoms with Crippen LogP contribution in [0.2, 0.25) is 0 Å². The van der Waals surface area contributed by atoms with E-state index in [0.717, 1.165) is 18.2 Å². The second kappa shape index (κ2) is 6.31. The minimum absolute atomic E-state index is 0.172. The lowest BCUT2D eigenvalue weighted by Gasteiger charge is -2.16. The van der Waals surface area contributed by atoms with Crippen molar-refractivity contribution in [3.05, 3.63) is 53.6 Å². The maximum absolute atomic E-state index is 13.0. The fourth-order valence-corrected chi connectivity index (χ4v) is 3.80. The van der Waals surface area contributed by atoms with Gasteiger partial charge in [-0.3, -0.25) is 4.79 Å². The Balaban J connectivity index is 1.95. The van der Waals surface area contributed by atoms with E-state index in [1.807, 2.05) is 0 Å². The van der Waals surface area contributed by atoms with E-state index in [1.165, 1.54) is 36.1 Å². The molecule has 0 aromatic heterocycles. The van der Waals surface area contributed by atoms with Crippen LogP contribution in [0.5, 0.6) is 5.75 Å². The van der Waals surface area contributed by atoms with Gasteiger partial charge in [0.05, 0.1) is 5.56 Å². The molecule has 0 N–H and O–H groups in total. The van der Waals surface area contributed by atoms with Gasteiger partial charge in [-0.25, -0.2) is 0 Å². The fourth-order valence-electron chi connectivity index (χ4n) is 2.80. The van der Waals surface area contributed by atoms with E-state index in [0.29, 0.717) is 24.2 Å². The quantitative estimate of drug-likeness (QED) is 0.760. The summed E-state index contributed by atoms with van der Waals surface area (Å²) in [5.74, 6) is -0.958. The molecular weight excluding hydrogens is 371 g/mol. The number of para-hydroxylation sites is 1. The molecule has 1 aliphatic heterocycles. The van der Waals surface area contributed by atoms with Crippen molar-refractivity contribution in [1.82, 2.24) is 0 Å². The van der Waals surface area contributed by atoms with Crippen LogP contribution in [0.25, 0.3) is 0 Å². The first kappa shape index (κ1) is 18.2. The van der Waals surface area contributed by atoms with E-state index in [4.69, 9.17) is 4.18 Å². The first-order valence-corrected chi connectivity index (χ1v) is 9.02. The Morgan fingerprint density at radius 2 is 1.85 bits per heavy atom. The molecule has 0 saturated carbocycles. The lowest BCUT2D eigenvalue weighted by molar-refractivity contribution is -0.138. The highest BCUT2D eigenvalue weighted by atomic mass is 32.2. The molecule has 1 amide bonds. The number of rotatable bonds is 3. The average molecular weight is 385 g/mol. The number of carbonyl (C=O) groups excluding carboxylic acids is 1. The monoisotopic (exact) mass is 385 g/mol. The summed E-state index contributed by atoms with van der Waals surface area (Å²) in [7, 11) is -4.46. The maximum Gasteiger partial charge on any atom is 0.420 e. The van der Waals surface area contributed by atoms with Crippen molar-refractivity contribution >= 4 is 21.7 Å². The molecule has 0 radical (unpaired) electrons. The number of carbonyl (C=O) groups is 1. The summed E-state index contributed by atoms with van der Waals surface area (Å²) in [4.78, 5) is 12.8. The first-order chi connectivity index (χ1) is 12.1. The molecule has 0 spiro atoms. The number of benzene rings is 2. The standard InChI is InChI=1S/C17H14F3NO4S/c1-11(22)21-9-8-12-10-13(6-7-15(12)21)26(23,24)25-16-5-3-2-4-14(16)17(18,19)20/h2-7,10H,8-9H2,1H3. The Morgan fingerprint density at radius 1 is 1.15 bits per heavy atom. The van der Waals surface area contributed by atoms with Crippen molar-refractivity contribution in [2.75, 3.05) is 11.4 Å². The van der Waals surface area contributed by atoms with Gasteiger partial charge in [-0.05, 0) is 42.3 Å². The highest BCUT2D eigenvalue weighted by Crippen LogP contribution is 2.37. The minimum Gasteiger partial charge on any atom is -0.378 e. The Labute approximate surface area is 148 Å². The molecule has 0 bridgehead atoms. The number of fused-ring (bicyclic) bond motifs is 1. The third-order valence-corrected chi connectivity index (χ3v) is 5.24. The van der Waals surface area contributed by atoms with E-state index in [-0.39, 0.29) is 10.8 Å². The SMILES string of the molecule is CC(=O)N1CCc2cc(S(=O)(=O)Oc3ccccc3C(F)(F)F)ccc21. The van der Waals surface area contributed by atoms with E-state index in [2.05, 4.69) is 0 Å². The number of anilines is 1. The van der Waals surface area contributed by atoms with Crippen molar-refractivity contribution in [3.63, 3.8) is 0 Å². The normalized spacial score (nSPS) is 14.2. The fraction of sp³-hybridized carbons (Fsp3) is 0.235. The van der Waals surface area contributed by atoms with Crippen LogP contribution in [-0.2, 0) is 27.5 Å².